The lowest BCUT2D eigenvalue weighted by Gasteiger charge is -2.37. The van der Waals surface area contributed by atoms with Gasteiger partial charge in [0.05, 0.1) is 12.2 Å². The maximum atomic E-state index is 13.7. The predicted octanol–water partition coefficient (Wildman–Crippen LogP) is 6.21. The number of allylic oxidation sites excluding steroid dienone is 2. The topological polar surface area (TPSA) is 70.4 Å². The van der Waals surface area contributed by atoms with Crippen LogP contribution in [0.15, 0.2) is 35.5 Å². The van der Waals surface area contributed by atoms with Crippen LogP contribution in [0, 0.1) is 11.3 Å². The first-order chi connectivity index (χ1) is 16.6. The fraction of sp³-hybridized carbons (Fsp3) is 0.464. The van der Waals surface area contributed by atoms with Gasteiger partial charge in [0.15, 0.2) is 5.78 Å². The Morgan fingerprint density at radius 3 is 2.53 bits per heavy atom. The second kappa shape index (κ2) is 9.76. The Morgan fingerprint density at radius 2 is 1.79 bits per heavy atom. The zero-order valence-corrected chi connectivity index (χ0v) is 20.5. The van der Waals surface area contributed by atoms with E-state index >= 15 is 0 Å². The summed E-state index contributed by atoms with van der Waals surface area (Å²) in [5.41, 5.74) is 4.34. The van der Waals surface area contributed by atoms with E-state index in [0.717, 1.165) is 65.3 Å². The van der Waals surface area contributed by atoms with Crippen molar-refractivity contribution in [1.29, 1.82) is 5.26 Å². The van der Waals surface area contributed by atoms with Crippen molar-refractivity contribution in [3.63, 3.8) is 0 Å². The van der Waals surface area contributed by atoms with Crippen LogP contribution in [0.25, 0.3) is 0 Å². The average Bonchev–Trinajstić information content (AvgIpc) is 3.15. The number of thiophene rings is 1. The van der Waals surface area contributed by atoms with Gasteiger partial charge in [-0.25, -0.2) is 0 Å². The number of carbonyl (C=O) groups excluding carboxylic acids is 2. The van der Waals surface area contributed by atoms with E-state index in [9.17, 15) is 14.9 Å². The number of carbonyl (C=O) groups is 2. The molecule has 0 spiro atoms. The first-order valence-corrected chi connectivity index (χ1v) is 13.3. The maximum Gasteiger partial charge on any atom is 0.232 e. The van der Waals surface area contributed by atoms with Gasteiger partial charge in [-0.3, -0.25) is 14.5 Å². The van der Waals surface area contributed by atoms with E-state index in [4.69, 9.17) is 4.74 Å². The summed E-state index contributed by atoms with van der Waals surface area (Å²) >= 11 is 1.60. The maximum absolute atomic E-state index is 13.7. The lowest BCUT2D eigenvalue weighted by molar-refractivity contribution is -0.119. The molecule has 1 amide bonds. The number of Topliss-reactive ketones (excluding diaryl/α,β-unsaturated/α-hetero) is 1. The molecule has 34 heavy (non-hydrogen) atoms. The molecular weight excluding hydrogens is 444 g/mol. The molecular formula is C28H30N2O3S. The molecule has 1 aromatic carbocycles. The van der Waals surface area contributed by atoms with Crippen LogP contribution in [-0.2, 0) is 22.4 Å². The molecule has 2 heterocycles. The lowest BCUT2D eigenvalue weighted by Crippen LogP contribution is -2.40. The SMILES string of the molecule is CCOc1ccc([C@@H]2CC(=O)N(c3sc4c(c3C#N)CCCCCC4)C3=C2C(=O)CCC3)cc1. The molecule has 0 radical (unpaired) electrons. The molecule has 0 unspecified atom stereocenters. The Labute approximate surface area is 205 Å². The summed E-state index contributed by atoms with van der Waals surface area (Å²) in [4.78, 5) is 29.9. The molecule has 2 aromatic rings. The average molecular weight is 475 g/mol. The van der Waals surface area contributed by atoms with E-state index in [1.807, 2.05) is 31.2 Å². The van der Waals surface area contributed by atoms with Crippen LogP contribution in [0.2, 0.25) is 0 Å². The van der Waals surface area contributed by atoms with Gasteiger partial charge in [-0.15, -0.1) is 11.3 Å². The van der Waals surface area contributed by atoms with Crippen molar-refractivity contribution < 1.29 is 14.3 Å². The van der Waals surface area contributed by atoms with Crippen LogP contribution in [0.1, 0.15) is 85.8 Å². The predicted molar refractivity (Wildman–Crippen MR) is 133 cm³/mol. The fourth-order valence-electron chi connectivity index (χ4n) is 5.65. The van der Waals surface area contributed by atoms with Crippen molar-refractivity contribution in [3.05, 3.63) is 57.1 Å². The number of amides is 1. The van der Waals surface area contributed by atoms with E-state index in [-0.39, 0.29) is 24.0 Å². The molecule has 0 saturated carbocycles. The Kier molecular flexibility index (Phi) is 6.56. The smallest absolute Gasteiger partial charge is 0.232 e. The summed E-state index contributed by atoms with van der Waals surface area (Å²) in [6.07, 6.45) is 8.66. The number of nitriles is 1. The van der Waals surface area contributed by atoms with E-state index in [1.165, 1.54) is 17.7 Å². The second-order valence-corrected chi connectivity index (χ2v) is 10.4. The van der Waals surface area contributed by atoms with E-state index in [2.05, 4.69) is 6.07 Å². The molecule has 0 bridgehead atoms. The molecule has 5 nitrogen and oxygen atoms in total. The minimum Gasteiger partial charge on any atom is -0.494 e. The van der Waals surface area contributed by atoms with Gasteiger partial charge in [-0.05, 0) is 68.7 Å². The third-order valence-electron chi connectivity index (χ3n) is 7.24. The number of anilines is 1. The van der Waals surface area contributed by atoms with Crippen LogP contribution >= 0.6 is 11.3 Å². The summed E-state index contributed by atoms with van der Waals surface area (Å²) < 4.78 is 5.57. The van der Waals surface area contributed by atoms with Gasteiger partial charge in [0.25, 0.3) is 0 Å². The number of hydrogen-bond donors (Lipinski definition) is 0. The molecule has 0 N–H and O–H groups in total. The van der Waals surface area contributed by atoms with Crippen molar-refractivity contribution >= 4 is 28.0 Å². The Bertz CT molecular complexity index is 1190. The van der Waals surface area contributed by atoms with Crippen molar-refractivity contribution in [2.45, 2.75) is 77.0 Å². The van der Waals surface area contributed by atoms with Gasteiger partial charge in [0.1, 0.15) is 16.8 Å². The zero-order chi connectivity index (χ0) is 23.7. The summed E-state index contributed by atoms with van der Waals surface area (Å²) in [5, 5.41) is 10.9. The first-order valence-electron chi connectivity index (χ1n) is 12.5. The number of benzene rings is 1. The minimum absolute atomic E-state index is 0.0157. The van der Waals surface area contributed by atoms with Crippen LogP contribution in [-0.4, -0.2) is 18.3 Å². The highest BCUT2D eigenvalue weighted by Gasteiger charge is 2.41. The normalized spacial score (nSPS) is 20.8. The quantitative estimate of drug-likeness (QED) is 0.529. The monoisotopic (exact) mass is 474 g/mol. The summed E-state index contributed by atoms with van der Waals surface area (Å²) in [6.45, 7) is 2.54. The zero-order valence-electron chi connectivity index (χ0n) is 19.7. The van der Waals surface area contributed by atoms with Gasteiger partial charge in [-0.2, -0.15) is 5.26 Å². The van der Waals surface area contributed by atoms with Gasteiger partial charge in [0, 0.05) is 34.9 Å². The molecule has 0 fully saturated rings. The van der Waals surface area contributed by atoms with Crippen LogP contribution < -0.4 is 9.64 Å². The van der Waals surface area contributed by atoms with E-state index < -0.39 is 0 Å². The van der Waals surface area contributed by atoms with Gasteiger partial charge >= 0.3 is 0 Å². The molecule has 2 aliphatic carbocycles. The number of rotatable bonds is 4. The van der Waals surface area contributed by atoms with Crippen LogP contribution in [0.5, 0.6) is 5.75 Å². The Hall–Kier alpha value is -2.91. The first kappa shape index (κ1) is 22.9. The molecule has 3 aliphatic rings. The summed E-state index contributed by atoms with van der Waals surface area (Å²) in [6, 6.07) is 10.2. The van der Waals surface area contributed by atoms with Gasteiger partial charge in [-0.1, -0.05) is 25.0 Å². The molecule has 5 rings (SSSR count). The third-order valence-corrected chi connectivity index (χ3v) is 8.51. The van der Waals surface area contributed by atoms with Crippen molar-refractivity contribution in [2.75, 3.05) is 11.5 Å². The highest BCUT2D eigenvalue weighted by atomic mass is 32.1. The van der Waals surface area contributed by atoms with E-state index in [1.54, 1.807) is 16.2 Å². The molecule has 1 aromatic heterocycles. The summed E-state index contributed by atoms with van der Waals surface area (Å²) in [5.74, 6) is 0.659. The van der Waals surface area contributed by atoms with Gasteiger partial charge in [0.2, 0.25) is 5.91 Å². The Morgan fingerprint density at radius 1 is 1.03 bits per heavy atom. The summed E-state index contributed by atoms with van der Waals surface area (Å²) in [7, 11) is 0. The molecule has 1 atom stereocenters. The van der Waals surface area contributed by atoms with Crippen LogP contribution in [0.3, 0.4) is 0 Å². The molecule has 0 saturated heterocycles. The molecule has 176 valence electrons. The third kappa shape index (κ3) is 4.07. The second-order valence-electron chi connectivity index (χ2n) is 9.33. The number of aryl methyl sites for hydroxylation is 1. The number of fused-ring (bicyclic) bond motifs is 1. The van der Waals surface area contributed by atoms with Crippen molar-refractivity contribution in [3.8, 4) is 11.8 Å². The molecule has 6 heteroatoms. The van der Waals surface area contributed by atoms with Crippen molar-refractivity contribution in [1.82, 2.24) is 0 Å². The highest BCUT2D eigenvalue weighted by molar-refractivity contribution is 7.16. The van der Waals surface area contributed by atoms with Gasteiger partial charge < -0.3 is 4.74 Å². The minimum atomic E-state index is -0.242. The number of ether oxygens (including phenoxy) is 1. The van der Waals surface area contributed by atoms with E-state index in [0.29, 0.717) is 25.0 Å². The van der Waals surface area contributed by atoms with Crippen LogP contribution in [0.4, 0.5) is 5.00 Å². The highest BCUT2D eigenvalue weighted by Crippen LogP contribution is 2.47. The van der Waals surface area contributed by atoms with Crippen molar-refractivity contribution in [2.24, 2.45) is 0 Å². The fourth-order valence-corrected chi connectivity index (χ4v) is 7.04. The number of ketones is 1. The largest absolute Gasteiger partial charge is 0.494 e. The molecule has 1 aliphatic heterocycles. The standard InChI is InChI=1S/C28H30N2O3S/c1-2-33-19-14-12-18(13-15-19)21-16-26(32)30(23-9-7-10-24(31)27(21)23)28-22(17-29)20-8-5-3-4-6-11-25(20)34-28/h12-15,21H,2-11,16H2,1H3/t21-/m0/s1. The number of hydrogen-bond acceptors (Lipinski definition) is 5. The Balaban J connectivity index is 1.60. The lowest BCUT2D eigenvalue weighted by atomic mass is 9.77. The number of nitrogens with zero attached hydrogens (tertiary/aromatic N) is 2.